The topological polar surface area (TPSA) is 72.1 Å². The van der Waals surface area contributed by atoms with Crippen molar-refractivity contribution in [3.8, 4) is 0 Å². The van der Waals surface area contributed by atoms with Gasteiger partial charge in [0.05, 0.1) is 10.9 Å². The summed E-state index contributed by atoms with van der Waals surface area (Å²) in [6, 6.07) is 4.02. The summed E-state index contributed by atoms with van der Waals surface area (Å²) in [6.45, 7) is 3.91. The molecule has 1 heterocycles. The Kier molecular flexibility index (Phi) is 3.12. The molecule has 0 fully saturated rings. The molecule has 108 valence electrons. The summed E-state index contributed by atoms with van der Waals surface area (Å²) in [5, 5.41) is 0.914. The molecule has 2 N–H and O–H groups in total. The van der Waals surface area contributed by atoms with Crippen molar-refractivity contribution in [2.75, 3.05) is 17.7 Å². The molecule has 0 unspecified atom stereocenters. The zero-order valence-corrected chi connectivity index (χ0v) is 12.5. The van der Waals surface area contributed by atoms with Gasteiger partial charge < -0.3 is 5.73 Å². The van der Waals surface area contributed by atoms with Crippen LogP contribution in [0.1, 0.15) is 31.4 Å². The van der Waals surface area contributed by atoms with Crippen molar-refractivity contribution in [3.05, 3.63) is 29.3 Å². The molecule has 0 saturated heterocycles. The lowest BCUT2D eigenvalue weighted by molar-refractivity contribution is -0.118. The quantitative estimate of drug-likeness (QED) is 0.918. The highest BCUT2D eigenvalue weighted by atomic mass is 16.2. The Balaban J connectivity index is 2.35. The van der Waals surface area contributed by atoms with Gasteiger partial charge >= 0.3 is 0 Å². The van der Waals surface area contributed by atoms with Crippen LogP contribution in [0, 0.1) is 0 Å². The Morgan fingerprint density at radius 1 is 1.38 bits per heavy atom. The summed E-state index contributed by atoms with van der Waals surface area (Å²) < 4.78 is 0. The molecule has 1 aliphatic carbocycles. The maximum atomic E-state index is 12.1. The largest absolute Gasteiger partial charge is 0.368 e. The summed E-state index contributed by atoms with van der Waals surface area (Å²) in [5.41, 5.74) is 10.2. The molecule has 5 nitrogen and oxygen atoms in total. The number of rotatable bonds is 2. The maximum Gasteiger partial charge on any atom is 0.227 e. The first-order valence-corrected chi connectivity index (χ1v) is 7.05. The fourth-order valence-electron chi connectivity index (χ4n) is 2.85. The van der Waals surface area contributed by atoms with Gasteiger partial charge in [-0.05, 0) is 36.1 Å². The van der Waals surface area contributed by atoms with Crippen LogP contribution in [0.15, 0.2) is 18.2 Å². The monoisotopic (exact) mass is 282 g/mol. The molecule has 0 atom stereocenters. The van der Waals surface area contributed by atoms with Crippen LogP contribution in [-0.4, -0.2) is 22.9 Å². The summed E-state index contributed by atoms with van der Waals surface area (Å²) >= 11 is 0. The number of benzene rings is 1. The van der Waals surface area contributed by atoms with Gasteiger partial charge in [-0.3, -0.25) is 9.69 Å². The van der Waals surface area contributed by atoms with Crippen LogP contribution in [0.4, 0.5) is 11.8 Å². The molecule has 21 heavy (non-hydrogen) atoms. The molecule has 1 aliphatic rings. The second kappa shape index (κ2) is 4.84. The molecular formula is C16H18N4O. The van der Waals surface area contributed by atoms with E-state index >= 15 is 0 Å². The number of aromatic nitrogens is 2. The summed E-state index contributed by atoms with van der Waals surface area (Å²) in [5.74, 6) is 0.787. The number of carbonyl (C=O) groups is 1. The van der Waals surface area contributed by atoms with Crippen LogP contribution in [0.2, 0.25) is 0 Å². The lowest BCUT2D eigenvalue weighted by Crippen LogP contribution is -2.27. The second-order valence-corrected chi connectivity index (χ2v) is 5.30. The van der Waals surface area contributed by atoms with Gasteiger partial charge in [0.15, 0.2) is 0 Å². The van der Waals surface area contributed by atoms with Crippen molar-refractivity contribution < 1.29 is 4.79 Å². The first-order chi connectivity index (χ1) is 10.0. The van der Waals surface area contributed by atoms with Gasteiger partial charge in [-0.25, -0.2) is 4.98 Å². The average Bonchev–Trinajstić information content (AvgIpc) is 2.86. The minimum absolute atomic E-state index is 0.00614. The van der Waals surface area contributed by atoms with E-state index in [0.29, 0.717) is 12.2 Å². The maximum absolute atomic E-state index is 12.1. The van der Waals surface area contributed by atoms with Crippen molar-refractivity contribution in [2.24, 2.45) is 0 Å². The number of hydrogen-bond acceptors (Lipinski definition) is 4. The van der Waals surface area contributed by atoms with Crippen LogP contribution < -0.4 is 10.6 Å². The van der Waals surface area contributed by atoms with Crippen molar-refractivity contribution in [1.29, 1.82) is 0 Å². The molecule has 0 saturated carbocycles. The smallest absolute Gasteiger partial charge is 0.227 e. The number of nitrogens with two attached hydrogens (primary N) is 1. The SMILES string of the molecule is CCC(=O)N(C)c1nc(N)nc2ccc3c(c12)C(C)=CC3. The third-order valence-corrected chi connectivity index (χ3v) is 3.97. The number of carbonyl (C=O) groups excluding carboxylic acids is 1. The number of anilines is 2. The standard InChI is InChI=1S/C16H18N4O/c1-4-12(21)20(3)15-14-11(18-16(17)19-15)8-7-10-6-5-9(2)13(10)14/h5,7-8H,4,6H2,1-3H3,(H2,17,18,19). The van der Waals surface area contributed by atoms with Crippen molar-refractivity contribution in [3.63, 3.8) is 0 Å². The van der Waals surface area contributed by atoms with Crippen molar-refractivity contribution in [1.82, 2.24) is 9.97 Å². The molecule has 1 aromatic heterocycles. The fraction of sp³-hybridized carbons (Fsp3) is 0.312. The summed E-state index contributed by atoms with van der Waals surface area (Å²) in [7, 11) is 1.74. The highest BCUT2D eigenvalue weighted by Gasteiger charge is 2.22. The molecule has 0 aliphatic heterocycles. The Labute approximate surface area is 123 Å². The molecule has 0 bridgehead atoms. The number of nitrogen functional groups attached to an aromatic ring is 1. The van der Waals surface area contributed by atoms with E-state index in [1.165, 1.54) is 11.1 Å². The van der Waals surface area contributed by atoms with Gasteiger partial charge in [-0.1, -0.05) is 19.1 Å². The lowest BCUT2D eigenvalue weighted by Gasteiger charge is -2.19. The predicted molar refractivity (Wildman–Crippen MR) is 85.0 cm³/mol. The van der Waals surface area contributed by atoms with Crippen LogP contribution in [0.3, 0.4) is 0 Å². The fourth-order valence-corrected chi connectivity index (χ4v) is 2.85. The Hall–Kier alpha value is -2.43. The molecule has 2 aromatic rings. The molecule has 0 spiro atoms. The lowest BCUT2D eigenvalue weighted by atomic mass is 10.0. The van der Waals surface area contributed by atoms with E-state index in [-0.39, 0.29) is 11.9 Å². The number of allylic oxidation sites excluding steroid dienone is 2. The Morgan fingerprint density at radius 3 is 2.86 bits per heavy atom. The minimum atomic E-state index is 0.00614. The molecule has 0 radical (unpaired) electrons. The predicted octanol–water partition coefficient (Wildman–Crippen LogP) is 2.54. The third kappa shape index (κ3) is 2.05. The second-order valence-electron chi connectivity index (χ2n) is 5.30. The molecular weight excluding hydrogens is 264 g/mol. The zero-order chi connectivity index (χ0) is 15.1. The van der Waals surface area contributed by atoms with Gasteiger partial charge in [0, 0.05) is 13.5 Å². The van der Waals surface area contributed by atoms with E-state index in [9.17, 15) is 4.79 Å². The minimum Gasteiger partial charge on any atom is -0.368 e. The van der Waals surface area contributed by atoms with E-state index in [0.717, 1.165) is 22.9 Å². The number of amides is 1. The van der Waals surface area contributed by atoms with E-state index in [4.69, 9.17) is 5.73 Å². The summed E-state index contributed by atoms with van der Waals surface area (Å²) in [4.78, 5) is 22.3. The first-order valence-electron chi connectivity index (χ1n) is 7.05. The number of hydrogen-bond donors (Lipinski definition) is 1. The third-order valence-electron chi connectivity index (χ3n) is 3.97. The van der Waals surface area contributed by atoms with Crippen LogP contribution in [0.5, 0.6) is 0 Å². The van der Waals surface area contributed by atoms with Crippen LogP contribution >= 0.6 is 0 Å². The number of nitrogens with zero attached hydrogens (tertiary/aromatic N) is 3. The van der Waals surface area contributed by atoms with Gasteiger partial charge in [-0.15, -0.1) is 0 Å². The van der Waals surface area contributed by atoms with Gasteiger partial charge in [0.2, 0.25) is 11.9 Å². The highest BCUT2D eigenvalue weighted by Crippen LogP contribution is 2.37. The van der Waals surface area contributed by atoms with Gasteiger partial charge in [-0.2, -0.15) is 4.98 Å². The average molecular weight is 282 g/mol. The normalized spacial score (nSPS) is 13.2. The molecule has 1 aromatic carbocycles. The molecule has 3 rings (SSSR count). The first kappa shape index (κ1) is 13.5. The number of fused-ring (bicyclic) bond motifs is 3. The zero-order valence-electron chi connectivity index (χ0n) is 12.5. The van der Waals surface area contributed by atoms with Crippen LogP contribution in [-0.2, 0) is 11.2 Å². The van der Waals surface area contributed by atoms with Crippen molar-refractivity contribution >= 4 is 34.1 Å². The Bertz CT molecular complexity index is 779. The van der Waals surface area contributed by atoms with E-state index in [2.05, 4.69) is 29.0 Å². The molecule has 5 heteroatoms. The van der Waals surface area contributed by atoms with Crippen LogP contribution in [0.25, 0.3) is 16.5 Å². The van der Waals surface area contributed by atoms with Gasteiger partial charge in [0.25, 0.3) is 0 Å². The van der Waals surface area contributed by atoms with Gasteiger partial charge in [0.1, 0.15) is 5.82 Å². The van der Waals surface area contributed by atoms with E-state index in [1.807, 2.05) is 13.0 Å². The molecule has 1 amide bonds. The Morgan fingerprint density at radius 2 is 2.14 bits per heavy atom. The van der Waals surface area contributed by atoms with Crippen molar-refractivity contribution in [2.45, 2.75) is 26.7 Å². The summed E-state index contributed by atoms with van der Waals surface area (Å²) in [6.07, 6.45) is 3.52. The highest BCUT2D eigenvalue weighted by molar-refractivity contribution is 6.06. The van der Waals surface area contributed by atoms with E-state index < -0.39 is 0 Å². The van der Waals surface area contributed by atoms with E-state index in [1.54, 1.807) is 11.9 Å².